The molecule has 0 atom stereocenters. The van der Waals surface area contributed by atoms with Gasteiger partial charge in [-0.2, -0.15) is 0 Å². The Morgan fingerprint density at radius 2 is 1.78 bits per heavy atom. The maximum Gasteiger partial charge on any atom is 0.261 e. The van der Waals surface area contributed by atoms with Crippen molar-refractivity contribution in [2.75, 3.05) is 19.8 Å². The lowest BCUT2D eigenvalue weighted by atomic mass is 10.1. The molecule has 7 heteroatoms. The highest BCUT2D eigenvalue weighted by atomic mass is 32.1. The summed E-state index contributed by atoms with van der Waals surface area (Å²) in [4.78, 5) is 28.7. The van der Waals surface area contributed by atoms with Gasteiger partial charge >= 0.3 is 0 Å². The Labute approximate surface area is 190 Å². The van der Waals surface area contributed by atoms with Crippen molar-refractivity contribution in [3.05, 3.63) is 68.8 Å². The Balaban J connectivity index is 1.49. The number of fused-ring (bicyclic) bond motifs is 3. The van der Waals surface area contributed by atoms with Crippen molar-refractivity contribution < 1.29 is 14.3 Å². The van der Waals surface area contributed by atoms with Crippen LogP contribution in [0.15, 0.2) is 47.3 Å². The Kier molecular flexibility index (Phi) is 6.46. The van der Waals surface area contributed by atoms with Crippen molar-refractivity contribution >= 4 is 38.2 Å². The molecule has 2 aromatic heterocycles. The third-order valence-electron chi connectivity index (χ3n) is 5.18. The monoisotopic (exact) mass is 450 g/mol. The molecule has 0 bridgehead atoms. The number of aromatic nitrogens is 1. The van der Waals surface area contributed by atoms with Gasteiger partial charge in [-0.05, 0) is 63.1 Å². The number of carbonyl (C=O) groups is 1. The molecule has 4 rings (SSSR count). The van der Waals surface area contributed by atoms with Gasteiger partial charge in [-0.15, -0.1) is 11.3 Å². The molecule has 2 heterocycles. The van der Waals surface area contributed by atoms with E-state index in [1.807, 2.05) is 57.2 Å². The molecule has 0 fully saturated rings. The zero-order valence-corrected chi connectivity index (χ0v) is 19.2. The SMILES string of the molecule is CCOc1ccc(CCNC(=O)c2cc3c(=O)[nH]c4ccc(C)cc4c3s2)cc1OCC. The summed E-state index contributed by atoms with van der Waals surface area (Å²) in [6, 6.07) is 13.4. The van der Waals surface area contributed by atoms with Crippen molar-refractivity contribution in [3.63, 3.8) is 0 Å². The van der Waals surface area contributed by atoms with E-state index in [2.05, 4.69) is 10.3 Å². The Hall–Kier alpha value is -3.32. The van der Waals surface area contributed by atoms with Gasteiger partial charge in [0, 0.05) is 22.1 Å². The Morgan fingerprint density at radius 1 is 1.00 bits per heavy atom. The quantitative estimate of drug-likeness (QED) is 0.403. The van der Waals surface area contributed by atoms with Crippen LogP contribution in [-0.4, -0.2) is 30.6 Å². The summed E-state index contributed by atoms with van der Waals surface area (Å²) in [6.45, 7) is 7.48. The van der Waals surface area contributed by atoms with Crippen LogP contribution in [0.5, 0.6) is 11.5 Å². The van der Waals surface area contributed by atoms with Crippen LogP contribution in [-0.2, 0) is 6.42 Å². The van der Waals surface area contributed by atoms with Crippen LogP contribution < -0.4 is 20.3 Å². The molecular formula is C25H26N2O4S. The Bertz CT molecular complexity index is 1340. The number of rotatable bonds is 8. The first-order chi connectivity index (χ1) is 15.5. The van der Waals surface area contributed by atoms with E-state index >= 15 is 0 Å². The molecule has 1 amide bonds. The van der Waals surface area contributed by atoms with Gasteiger partial charge in [-0.25, -0.2) is 0 Å². The lowest BCUT2D eigenvalue weighted by Gasteiger charge is -2.12. The molecule has 0 saturated heterocycles. The second-order valence-corrected chi connectivity index (χ2v) is 8.56. The minimum atomic E-state index is -0.178. The zero-order chi connectivity index (χ0) is 22.7. The summed E-state index contributed by atoms with van der Waals surface area (Å²) in [7, 11) is 0. The number of nitrogens with one attached hydrogen (secondary N) is 2. The van der Waals surface area contributed by atoms with Crippen LogP contribution in [0.2, 0.25) is 0 Å². The van der Waals surface area contributed by atoms with Crippen molar-refractivity contribution in [1.82, 2.24) is 10.3 Å². The standard InChI is InChI=1S/C25H26N2O4S/c1-4-30-20-9-7-16(13-21(20)31-5-2)10-11-26-25(29)22-14-18-23(32-22)17-12-15(3)6-8-19(17)27-24(18)28/h6-9,12-14H,4-5,10-11H2,1-3H3,(H,26,29)(H,27,28). The molecule has 4 aromatic rings. The molecule has 32 heavy (non-hydrogen) atoms. The van der Waals surface area contributed by atoms with E-state index in [-0.39, 0.29) is 11.5 Å². The second-order valence-electron chi connectivity index (χ2n) is 7.51. The van der Waals surface area contributed by atoms with Crippen molar-refractivity contribution in [1.29, 1.82) is 0 Å². The number of carbonyl (C=O) groups excluding carboxylic acids is 1. The van der Waals surface area contributed by atoms with E-state index in [1.165, 1.54) is 11.3 Å². The largest absolute Gasteiger partial charge is 0.490 e. The van der Waals surface area contributed by atoms with Gasteiger partial charge in [0.1, 0.15) is 0 Å². The molecule has 0 saturated carbocycles. The summed E-state index contributed by atoms with van der Waals surface area (Å²) >= 11 is 1.35. The number of thiophene rings is 1. The summed E-state index contributed by atoms with van der Waals surface area (Å²) in [5, 5.41) is 4.47. The number of hydrogen-bond donors (Lipinski definition) is 2. The van der Waals surface area contributed by atoms with Gasteiger partial charge in [0.05, 0.1) is 23.5 Å². The van der Waals surface area contributed by atoms with E-state index in [0.717, 1.165) is 32.5 Å². The lowest BCUT2D eigenvalue weighted by molar-refractivity contribution is 0.0958. The number of aryl methyl sites for hydroxylation is 1. The molecule has 0 aliphatic rings. The molecule has 0 spiro atoms. The molecule has 0 aliphatic carbocycles. The van der Waals surface area contributed by atoms with E-state index in [4.69, 9.17) is 9.47 Å². The predicted molar refractivity (Wildman–Crippen MR) is 130 cm³/mol. The molecule has 0 unspecified atom stereocenters. The maximum absolute atomic E-state index is 12.8. The van der Waals surface area contributed by atoms with Crippen molar-refractivity contribution in [2.24, 2.45) is 0 Å². The number of hydrogen-bond acceptors (Lipinski definition) is 5. The average Bonchev–Trinajstić information content (AvgIpc) is 3.23. The van der Waals surface area contributed by atoms with Gasteiger partial charge in [0.25, 0.3) is 11.5 Å². The number of aromatic amines is 1. The number of benzene rings is 2. The fourth-order valence-corrected chi connectivity index (χ4v) is 4.78. The Morgan fingerprint density at radius 3 is 2.56 bits per heavy atom. The summed E-state index contributed by atoms with van der Waals surface area (Å²) in [5.41, 5.74) is 2.76. The van der Waals surface area contributed by atoms with Crippen molar-refractivity contribution in [3.8, 4) is 11.5 Å². The predicted octanol–water partition coefficient (Wildman–Crippen LogP) is 4.82. The van der Waals surface area contributed by atoms with Gasteiger partial charge in [0.2, 0.25) is 0 Å². The van der Waals surface area contributed by atoms with Crippen LogP contribution in [0.3, 0.4) is 0 Å². The maximum atomic E-state index is 12.8. The van der Waals surface area contributed by atoms with Gasteiger partial charge in [-0.1, -0.05) is 17.7 Å². The molecule has 0 radical (unpaired) electrons. The fraction of sp³-hybridized carbons (Fsp3) is 0.280. The first-order valence-corrected chi connectivity index (χ1v) is 11.5. The molecule has 0 aliphatic heterocycles. The van der Waals surface area contributed by atoms with Crippen LogP contribution >= 0.6 is 11.3 Å². The first kappa shape index (κ1) is 21.9. The number of pyridine rings is 1. The highest BCUT2D eigenvalue weighted by Gasteiger charge is 2.15. The van der Waals surface area contributed by atoms with E-state index in [9.17, 15) is 9.59 Å². The minimum absolute atomic E-state index is 0.176. The summed E-state index contributed by atoms with van der Waals surface area (Å²) in [5.74, 6) is 1.26. The molecule has 166 valence electrons. The van der Waals surface area contributed by atoms with E-state index in [0.29, 0.717) is 42.2 Å². The van der Waals surface area contributed by atoms with Crippen molar-refractivity contribution in [2.45, 2.75) is 27.2 Å². The molecule has 2 N–H and O–H groups in total. The highest BCUT2D eigenvalue weighted by molar-refractivity contribution is 7.21. The van der Waals surface area contributed by atoms with Crippen LogP contribution in [0.4, 0.5) is 0 Å². The van der Waals surface area contributed by atoms with Crippen LogP contribution in [0, 0.1) is 6.92 Å². The van der Waals surface area contributed by atoms with Crippen LogP contribution in [0.1, 0.15) is 34.6 Å². The summed E-state index contributed by atoms with van der Waals surface area (Å²) < 4.78 is 12.1. The highest BCUT2D eigenvalue weighted by Crippen LogP contribution is 2.30. The topological polar surface area (TPSA) is 80.4 Å². The molecular weight excluding hydrogens is 424 g/mol. The third-order valence-corrected chi connectivity index (χ3v) is 6.34. The molecule has 2 aromatic carbocycles. The summed E-state index contributed by atoms with van der Waals surface area (Å²) in [6.07, 6.45) is 0.659. The fourth-order valence-electron chi connectivity index (χ4n) is 3.67. The lowest BCUT2D eigenvalue weighted by Crippen LogP contribution is -2.24. The minimum Gasteiger partial charge on any atom is -0.490 e. The number of amides is 1. The third kappa shape index (κ3) is 4.48. The number of ether oxygens (including phenoxy) is 2. The van der Waals surface area contributed by atoms with E-state index in [1.54, 1.807) is 6.07 Å². The average molecular weight is 451 g/mol. The van der Waals surface area contributed by atoms with E-state index < -0.39 is 0 Å². The van der Waals surface area contributed by atoms with Gasteiger partial charge in [-0.3, -0.25) is 9.59 Å². The van der Waals surface area contributed by atoms with Gasteiger partial charge < -0.3 is 19.8 Å². The number of H-pyrrole nitrogens is 1. The molecule has 6 nitrogen and oxygen atoms in total. The normalized spacial score (nSPS) is 11.1. The van der Waals surface area contributed by atoms with Crippen LogP contribution in [0.25, 0.3) is 21.0 Å². The first-order valence-electron chi connectivity index (χ1n) is 10.7. The van der Waals surface area contributed by atoms with Gasteiger partial charge in [0.15, 0.2) is 11.5 Å². The zero-order valence-electron chi connectivity index (χ0n) is 18.4. The smallest absolute Gasteiger partial charge is 0.261 e. The second kappa shape index (κ2) is 9.44.